The lowest BCUT2D eigenvalue weighted by molar-refractivity contribution is -0.167. The second-order valence-electron chi connectivity index (χ2n) is 19.2. The van der Waals surface area contributed by atoms with Crippen molar-refractivity contribution in [3.63, 3.8) is 0 Å². The lowest BCUT2D eigenvalue weighted by atomic mass is 10.1. The van der Waals surface area contributed by atoms with Crippen LogP contribution in [-0.2, 0) is 28.6 Å². The van der Waals surface area contributed by atoms with E-state index >= 15 is 0 Å². The Labute approximate surface area is 438 Å². The normalized spacial score (nSPS) is 12.9. The van der Waals surface area contributed by atoms with Gasteiger partial charge in [-0.15, -0.1) is 0 Å². The van der Waals surface area contributed by atoms with Gasteiger partial charge in [0.1, 0.15) is 13.2 Å². The van der Waals surface area contributed by atoms with Gasteiger partial charge in [-0.3, -0.25) is 14.4 Å². The molecule has 0 rings (SSSR count). The van der Waals surface area contributed by atoms with Gasteiger partial charge in [-0.05, 0) is 135 Å². The van der Waals surface area contributed by atoms with Gasteiger partial charge in [0.05, 0.1) is 0 Å². The lowest BCUT2D eigenvalue weighted by Crippen LogP contribution is -2.30. The van der Waals surface area contributed by atoms with E-state index in [4.69, 9.17) is 14.2 Å². The maximum absolute atomic E-state index is 12.9. The van der Waals surface area contributed by atoms with Gasteiger partial charge in [-0.2, -0.15) is 0 Å². The first kappa shape index (κ1) is 67.1. The van der Waals surface area contributed by atoms with Crippen LogP contribution < -0.4 is 0 Å². The maximum atomic E-state index is 12.9. The van der Waals surface area contributed by atoms with Gasteiger partial charge in [-0.1, -0.05) is 220 Å². The van der Waals surface area contributed by atoms with E-state index < -0.39 is 6.10 Å². The van der Waals surface area contributed by atoms with E-state index in [1.807, 2.05) is 0 Å². The van der Waals surface area contributed by atoms with Crippen molar-refractivity contribution in [1.29, 1.82) is 0 Å². The maximum Gasteiger partial charge on any atom is 0.306 e. The van der Waals surface area contributed by atoms with Crippen LogP contribution in [0.5, 0.6) is 0 Å². The molecule has 404 valence electrons. The quantitative estimate of drug-likeness (QED) is 0.0261. The molecule has 0 saturated heterocycles. The standard InChI is InChI=1S/C65H108O6/c1-4-7-10-13-16-19-22-25-28-31-32-35-37-40-43-46-49-52-55-58-64(67)70-61-62(71-65(68)59-56-53-50-47-44-41-38-34-30-27-24-21-18-15-12-9-6-3)60-69-63(66)57-54-51-48-45-42-39-36-33-29-26-23-20-17-14-11-8-5-2/h16-21,25-30,32,35,38,40-41,43,62H,4-15,22-24,31,33-34,36-37,39,42,44-61H2,1-3H3/b19-16-,20-17-,21-18-,28-25-,29-26-,30-27-,35-32-,41-38-,43-40-/t62-/m1/s1. The van der Waals surface area contributed by atoms with Crippen molar-refractivity contribution in [3.8, 4) is 0 Å². The van der Waals surface area contributed by atoms with E-state index in [9.17, 15) is 14.4 Å². The molecule has 0 aliphatic carbocycles. The summed E-state index contributed by atoms with van der Waals surface area (Å²) in [5.74, 6) is -0.963. The van der Waals surface area contributed by atoms with Crippen LogP contribution in [0.1, 0.15) is 265 Å². The molecular formula is C65H108O6. The van der Waals surface area contributed by atoms with Gasteiger partial charge in [-0.25, -0.2) is 0 Å². The van der Waals surface area contributed by atoms with Crippen LogP contribution in [0.25, 0.3) is 0 Å². The molecule has 1 atom stereocenters. The summed E-state index contributed by atoms with van der Waals surface area (Å²) in [5, 5.41) is 0. The van der Waals surface area contributed by atoms with Crippen molar-refractivity contribution in [2.24, 2.45) is 0 Å². The highest BCUT2D eigenvalue weighted by Gasteiger charge is 2.19. The van der Waals surface area contributed by atoms with Crippen LogP contribution in [-0.4, -0.2) is 37.2 Å². The third kappa shape index (κ3) is 56.9. The van der Waals surface area contributed by atoms with Crippen molar-refractivity contribution < 1.29 is 28.6 Å². The number of esters is 3. The molecule has 0 heterocycles. The van der Waals surface area contributed by atoms with E-state index in [2.05, 4.69) is 130 Å². The fourth-order valence-corrected chi connectivity index (χ4v) is 7.76. The summed E-state index contributed by atoms with van der Waals surface area (Å²) in [7, 11) is 0. The third-order valence-corrected chi connectivity index (χ3v) is 12.2. The van der Waals surface area contributed by atoms with Crippen LogP contribution >= 0.6 is 0 Å². The number of allylic oxidation sites excluding steroid dienone is 18. The van der Waals surface area contributed by atoms with Crippen molar-refractivity contribution in [1.82, 2.24) is 0 Å². The van der Waals surface area contributed by atoms with Crippen molar-refractivity contribution in [2.75, 3.05) is 13.2 Å². The van der Waals surface area contributed by atoms with Crippen molar-refractivity contribution >= 4 is 17.9 Å². The Morgan fingerprint density at radius 1 is 0.282 bits per heavy atom. The molecule has 0 aromatic rings. The highest BCUT2D eigenvalue weighted by Crippen LogP contribution is 2.13. The average Bonchev–Trinajstić information content (AvgIpc) is 3.37. The minimum absolute atomic E-state index is 0.103. The predicted molar refractivity (Wildman–Crippen MR) is 307 cm³/mol. The number of carbonyl (C=O) groups excluding carboxylic acids is 3. The Hall–Kier alpha value is -3.93. The number of ether oxygens (including phenoxy) is 3. The zero-order chi connectivity index (χ0) is 51.4. The molecule has 0 radical (unpaired) electrons. The summed E-state index contributed by atoms with van der Waals surface area (Å²) in [6.07, 6.45) is 79.2. The second kappa shape index (κ2) is 58.6. The molecule has 0 unspecified atom stereocenters. The monoisotopic (exact) mass is 985 g/mol. The molecule has 0 saturated carbocycles. The Morgan fingerprint density at radius 3 is 0.803 bits per heavy atom. The van der Waals surface area contributed by atoms with Gasteiger partial charge in [0, 0.05) is 19.3 Å². The van der Waals surface area contributed by atoms with E-state index in [0.29, 0.717) is 19.3 Å². The molecule has 0 aromatic carbocycles. The van der Waals surface area contributed by atoms with E-state index in [0.717, 1.165) is 122 Å². The molecule has 0 N–H and O–H groups in total. The molecule has 6 nitrogen and oxygen atoms in total. The zero-order valence-corrected chi connectivity index (χ0v) is 46.2. The minimum Gasteiger partial charge on any atom is -0.462 e. The Bertz CT molecular complexity index is 1460. The minimum atomic E-state index is -0.810. The molecule has 0 amide bonds. The summed E-state index contributed by atoms with van der Waals surface area (Å²) >= 11 is 0. The topological polar surface area (TPSA) is 78.9 Å². The van der Waals surface area contributed by atoms with Crippen LogP contribution in [0, 0.1) is 0 Å². The van der Waals surface area contributed by atoms with Crippen LogP contribution in [0.2, 0.25) is 0 Å². The first-order valence-electron chi connectivity index (χ1n) is 29.4. The molecule has 0 spiro atoms. The summed E-state index contributed by atoms with van der Waals surface area (Å²) < 4.78 is 16.8. The highest BCUT2D eigenvalue weighted by atomic mass is 16.6. The largest absolute Gasteiger partial charge is 0.462 e. The Kier molecular flexibility index (Phi) is 55.4. The summed E-state index contributed by atoms with van der Waals surface area (Å²) in [4.78, 5) is 38.2. The SMILES string of the molecule is CCCCC/C=C\C/C=C\C/C=C\C/C=C\CCCCCC(=O)OC[C@@H](COC(=O)CCCCCCCCC/C=C\C/C=C\CCCCC)OC(=O)CCCCCC/C=C\C/C=C\C/C=C\CCCCC. The van der Waals surface area contributed by atoms with Crippen LogP contribution in [0.4, 0.5) is 0 Å². The fourth-order valence-electron chi connectivity index (χ4n) is 7.76. The number of hydrogen-bond donors (Lipinski definition) is 0. The van der Waals surface area contributed by atoms with Gasteiger partial charge in [0.25, 0.3) is 0 Å². The smallest absolute Gasteiger partial charge is 0.306 e. The van der Waals surface area contributed by atoms with E-state index in [1.165, 1.54) is 103 Å². The summed E-state index contributed by atoms with van der Waals surface area (Å²) in [5.41, 5.74) is 0. The molecule has 0 aromatic heterocycles. The molecule has 0 aliphatic rings. The van der Waals surface area contributed by atoms with Crippen molar-refractivity contribution in [2.45, 2.75) is 271 Å². The van der Waals surface area contributed by atoms with Crippen LogP contribution in [0.15, 0.2) is 109 Å². The van der Waals surface area contributed by atoms with Gasteiger partial charge in [0.15, 0.2) is 6.10 Å². The van der Waals surface area contributed by atoms with Crippen molar-refractivity contribution in [3.05, 3.63) is 109 Å². The second-order valence-corrected chi connectivity index (χ2v) is 19.2. The van der Waals surface area contributed by atoms with Gasteiger partial charge in [0.2, 0.25) is 0 Å². The first-order valence-corrected chi connectivity index (χ1v) is 29.4. The Morgan fingerprint density at radius 2 is 0.507 bits per heavy atom. The number of hydrogen-bond acceptors (Lipinski definition) is 6. The first-order chi connectivity index (χ1) is 35.0. The summed E-state index contributed by atoms with van der Waals surface area (Å²) in [6, 6.07) is 0. The number of rotatable bonds is 52. The molecule has 0 bridgehead atoms. The molecule has 6 heteroatoms. The van der Waals surface area contributed by atoms with Gasteiger partial charge >= 0.3 is 17.9 Å². The van der Waals surface area contributed by atoms with Gasteiger partial charge < -0.3 is 14.2 Å². The fraction of sp³-hybridized carbons (Fsp3) is 0.677. The number of unbranched alkanes of at least 4 members (excludes halogenated alkanes) is 23. The lowest BCUT2D eigenvalue weighted by Gasteiger charge is -2.18. The summed E-state index contributed by atoms with van der Waals surface area (Å²) in [6.45, 7) is 6.51. The Balaban J connectivity index is 4.51. The van der Waals surface area contributed by atoms with E-state index in [1.54, 1.807) is 0 Å². The highest BCUT2D eigenvalue weighted by molar-refractivity contribution is 5.71. The number of carbonyl (C=O) groups is 3. The molecule has 71 heavy (non-hydrogen) atoms. The zero-order valence-electron chi connectivity index (χ0n) is 46.2. The molecular weight excluding hydrogens is 877 g/mol. The molecule has 0 aliphatic heterocycles. The van der Waals surface area contributed by atoms with E-state index in [-0.39, 0.29) is 31.1 Å². The third-order valence-electron chi connectivity index (χ3n) is 12.2. The predicted octanol–water partition coefficient (Wildman–Crippen LogP) is 19.9. The molecule has 0 fully saturated rings. The van der Waals surface area contributed by atoms with Crippen LogP contribution in [0.3, 0.4) is 0 Å². The average molecular weight is 986 g/mol.